The second kappa shape index (κ2) is 7.00. The SMILES string of the molecule is CC(C)C[C@@H](C(=O)OCC1CCCC1)N(C)C. The van der Waals surface area contributed by atoms with Crippen LogP contribution in [0.25, 0.3) is 0 Å². The summed E-state index contributed by atoms with van der Waals surface area (Å²) in [6.07, 6.45) is 5.92. The molecule has 0 aliphatic heterocycles. The van der Waals surface area contributed by atoms with Crippen LogP contribution in [0.5, 0.6) is 0 Å². The van der Waals surface area contributed by atoms with Gasteiger partial charge >= 0.3 is 5.97 Å². The normalized spacial score (nSPS) is 18.9. The highest BCUT2D eigenvalue weighted by atomic mass is 16.5. The third-order valence-electron chi connectivity index (χ3n) is 3.53. The number of hydrogen-bond donors (Lipinski definition) is 0. The van der Waals surface area contributed by atoms with Crippen molar-refractivity contribution in [1.82, 2.24) is 4.90 Å². The van der Waals surface area contributed by atoms with E-state index < -0.39 is 0 Å². The fraction of sp³-hybridized carbons (Fsp3) is 0.929. The van der Waals surface area contributed by atoms with Crippen molar-refractivity contribution in [3.05, 3.63) is 0 Å². The van der Waals surface area contributed by atoms with E-state index in [2.05, 4.69) is 13.8 Å². The minimum atomic E-state index is -0.0867. The van der Waals surface area contributed by atoms with Gasteiger partial charge in [0.2, 0.25) is 0 Å². The lowest BCUT2D eigenvalue weighted by Crippen LogP contribution is -2.38. The van der Waals surface area contributed by atoms with Gasteiger partial charge in [-0.3, -0.25) is 9.69 Å². The largest absolute Gasteiger partial charge is 0.464 e. The molecule has 3 heteroatoms. The molecule has 1 atom stereocenters. The van der Waals surface area contributed by atoms with E-state index >= 15 is 0 Å². The second-order valence-corrected chi connectivity index (χ2v) is 5.89. The summed E-state index contributed by atoms with van der Waals surface area (Å²) in [5, 5.41) is 0. The highest BCUT2D eigenvalue weighted by Gasteiger charge is 2.25. The maximum atomic E-state index is 12.0. The van der Waals surface area contributed by atoms with E-state index in [9.17, 15) is 4.79 Å². The van der Waals surface area contributed by atoms with Crippen LogP contribution in [0.3, 0.4) is 0 Å². The fourth-order valence-corrected chi connectivity index (χ4v) is 2.44. The van der Waals surface area contributed by atoms with E-state index in [1.807, 2.05) is 19.0 Å². The molecule has 1 aliphatic rings. The summed E-state index contributed by atoms with van der Waals surface area (Å²) < 4.78 is 5.47. The van der Waals surface area contributed by atoms with E-state index in [0.717, 1.165) is 6.42 Å². The number of carbonyl (C=O) groups is 1. The van der Waals surface area contributed by atoms with Crippen LogP contribution >= 0.6 is 0 Å². The van der Waals surface area contributed by atoms with E-state index in [4.69, 9.17) is 4.74 Å². The number of carbonyl (C=O) groups excluding carboxylic acids is 1. The zero-order chi connectivity index (χ0) is 12.8. The average molecular weight is 241 g/mol. The van der Waals surface area contributed by atoms with E-state index in [1.165, 1.54) is 25.7 Å². The Bertz CT molecular complexity index is 232. The van der Waals surface area contributed by atoms with Crippen LogP contribution in [0.4, 0.5) is 0 Å². The predicted molar refractivity (Wildman–Crippen MR) is 69.8 cm³/mol. The molecule has 0 saturated heterocycles. The molecule has 0 N–H and O–H groups in total. The first-order chi connectivity index (χ1) is 8.00. The smallest absolute Gasteiger partial charge is 0.323 e. The standard InChI is InChI=1S/C14H27NO2/c1-11(2)9-13(15(3)4)14(16)17-10-12-7-5-6-8-12/h11-13H,5-10H2,1-4H3/t13-/m0/s1. The van der Waals surface area contributed by atoms with Crippen LogP contribution in [0.15, 0.2) is 0 Å². The lowest BCUT2D eigenvalue weighted by atomic mass is 10.0. The molecule has 3 nitrogen and oxygen atoms in total. The number of ether oxygens (including phenoxy) is 1. The van der Waals surface area contributed by atoms with Gasteiger partial charge in [-0.15, -0.1) is 0 Å². The van der Waals surface area contributed by atoms with Crippen LogP contribution in [0, 0.1) is 11.8 Å². The van der Waals surface area contributed by atoms with Crippen molar-refractivity contribution in [2.45, 2.75) is 52.0 Å². The van der Waals surface area contributed by atoms with Crippen molar-refractivity contribution in [3.8, 4) is 0 Å². The molecule has 0 aromatic carbocycles. The van der Waals surface area contributed by atoms with Gasteiger partial charge in [0, 0.05) is 0 Å². The summed E-state index contributed by atoms with van der Waals surface area (Å²) in [4.78, 5) is 14.0. The molecule has 0 aromatic rings. The molecule has 17 heavy (non-hydrogen) atoms. The Labute approximate surface area is 106 Å². The summed E-state index contributed by atoms with van der Waals surface area (Å²) in [5.41, 5.74) is 0. The maximum Gasteiger partial charge on any atom is 0.323 e. The molecule has 0 spiro atoms. The number of rotatable bonds is 6. The van der Waals surface area contributed by atoms with Gasteiger partial charge in [-0.05, 0) is 45.2 Å². The summed E-state index contributed by atoms with van der Waals surface area (Å²) in [6, 6.07) is -0.0867. The molecule has 0 bridgehead atoms. The zero-order valence-corrected chi connectivity index (χ0v) is 11.7. The Morgan fingerprint density at radius 1 is 1.29 bits per heavy atom. The Balaban J connectivity index is 2.35. The van der Waals surface area contributed by atoms with E-state index in [0.29, 0.717) is 18.4 Å². The average Bonchev–Trinajstić information content (AvgIpc) is 2.74. The minimum Gasteiger partial charge on any atom is -0.464 e. The first-order valence-electron chi connectivity index (χ1n) is 6.83. The Morgan fingerprint density at radius 3 is 2.35 bits per heavy atom. The van der Waals surface area contributed by atoms with Crippen molar-refractivity contribution in [3.63, 3.8) is 0 Å². The van der Waals surface area contributed by atoms with Crippen LogP contribution in [0.1, 0.15) is 46.0 Å². The summed E-state index contributed by atoms with van der Waals surface area (Å²) in [6.45, 7) is 4.91. The van der Waals surface area contributed by atoms with Crippen molar-refractivity contribution in [1.29, 1.82) is 0 Å². The molecule has 0 unspecified atom stereocenters. The van der Waals surface area contributed by atoms with E-state index in [-0.39, 0.29) is 12.0 Å². The zero-order valence-electron chi connectivity index (χ0n) is 11.7. The van der Waals surface area contributed by atoms with Crippen molar-refractivity contribution < 1.29 is 9.53 Å². The van der Waals surface area contributed by atoms with Gasteiger partial charge in [-0.25, -0.2) is 0 Å². The highest BCUT2D eigenvalue weighted by Crippen LogP contribution is 2.25. The summed E-state index contributed by atoms with van der Waals surface area (Å²) in [7, 11) is 3.90. The van der Waals surface area contributed by atoms with E-state index in [1.54, 1.807) is 0 Å². The van der Waals surface area contributed by atoms with Crippen LogP contribution in [-0.2, 0) is 9.53 Å². The van der Waals surface area contributed by atoms with Gasteiger partial charge in [0.1, 0.15) is 6.04 Å². The van der Waals surface area contributed by atoms with Crippen LogP contribution in [0.2, 0.25) is 0 Å². The van der Waals surface area contributed by atoms with Gasteiger partial charge in [0.05, 0.1) is 6.61 Å². The van der Waals surface area contributed by atoms with Gasteiger partial charge in [0.15, 0.2) is 0 Å². The summed E-state index contributed by atoms with van der Waals surface area (Å²) in [5.74, 6) is 1.08. The molecular formula is C14H27NO2. The molecule has 0 heterocycles. The topological polar surface area (TPSA) is 29.5 Å². The molecule has 0 amide bonds. The second-order valence-electron chi connectivity index (χ2n) is 5.89. The molecule has 1 rings (SSSR count). The maximum absolute atomic E-state index is 12.0. The van der Waals surface area contributed by atoms with Crippen molar-refractivity contribution in [2.24, 2.45) is 11.8 Å². The third kappa shape index (κ3) is 5.07. The molecular weight excluding hydrogens is 214 g/mol. The molecule has 1 saturated carbocycles. The molecule has 100 valence electrons. The summed E-state index contributed by atoms with van der Waals surface area (Å²) >= 11 is 0. The molecule has 1 aliphatic carbocycles. The first-order valence-corrected chi connectivity index (χ1v) is 6.83. The molecule has 0 radical (unpaired) electrons. The van der Waals surface area contributed by atoms with Crippen LogP contribution < -0.4 is 0 Å². The quantitative estimate of drug-likeness (QED) is 0.670. The van der Waals surface area contributed by atoms with Crippen molar-refractivity contribution >= 4 is 5.97 Å². The van der Waals surface area contributed by atoms with Gasteiger partial charge in [0.25, 0.3) is 0 Å². The fourth-order valence-electron chi connectivity index (χ4n) is 2.44. The predicted octanol–water partition coefficient (Wildman–Crippen LogP) is 2.70. The number of esters is 1. The number of likely N-dealkylation sites (N-methyl/N-ethyl adjacent to an activating group) is 1. The highest BCUT2D eigenvalue weighted by molar-refractivity contribution is 5.75. The number of nitrogens with zero attached hydrogens (tertiary/aromatic N) is 1. The van der Waals surface area contributed by atoms with Gasteiger partial charge in [-0.1, -0.05) is 26.7 Å². The van der Waals surface area contributed by atoms with Crippen molar-refractivity contribution in [2.75, 3.05) is 20.7 Å². The third-order valence-corrected chi connectivity index (χ3v) is 3.53. The van der Waals surface area contributed by atoms with Gasteiger partial charge < -0.3 is 4.74 Å². The van der Waals surface area contributed by atoms with Crippen LogP contribution in [-0.4, -0.2) is 37.6 Å². The number of hydrogen-bond acceptors (Lipinski definition) is 3. The molecule has 0 aromatic heterocycles. The molecule has 1 fully saturated rings. The minimum absolute atomic E-state index is 0.0457. The Hall–Kier alpha value is -0.570. The Kier molecular flexibility index (Phi) is 5.96. The Morgan fingerprint density at radius 2 is 1.88 bits per heavy atom. The lowest BCUT2D eigenvalue weighted by molar-refractivity contribution is -0.151. The first kappa shape index (κ1) is 14.5. The monoisotopic (exact) mass is 241 g/mol. The van der Waals surface area contributed by atoms with Gasteiger partial charge in [-0.2, -0.15) is 0 Å². The lowest BCUT2D eigenvalue weighted by Gasteiger charge is -2.24.